The van der Waals surface area contributed by atoms with Gasteiger partial charge in [0, 0.05) is 11.9 Å². The van der Waals surface area contributed by atoms with Crippen LogP contribution >= 0.6 is 24.0 Å². The summed E-state index contributed by atoms with van der Waals surface area (Å²) in [4.78, 5) is 12.8. The fourth-order valence-electron chi connectivity index (χ4n) is 2.79. The topological polar surface area (TPSA) is 84.5 Å². The van der Waals surface area contributed by atoms with Gasteiger partial charge in [0.25, 0.3) is 0 Å². The van der Waals surface area contributed by atoms with Gasteiger partial charge in [-0.25, -0.2) is 8.42 Å². The average Bonchev–Trinajstić information content (AvgIpc) is 2.53. The van der Waals surface area contributed by atoms with Crippen LogP contribution in [0.5, 0.6) is 5.75 Å². The monoisotopic (exact) mass is 424 g/mol. The normalized spacial score (nSPS) is 16.7. The van der Waals surface area contributed by atoms with Gasteiger partial charge in [0.05, 0.1) is 11.6 Å². The number of halogens is 2. The van der Waals surface area contributed by atoms with Crippen LogP contribution < -0.4 is 15.4 Å². The molecule has 0 spiro atoms. The average molecular weight is 425 g/mol. The number of hydrogen-bond acceptors (Lipinski definition) is 5. The maximum atomic E-state index is 12.8. The second kappa shape index (κ2) is 9.26. The number of carbonyl (C=O) groups excluding carboxylic acids is 1. The minimum atomic E-state index is -3.55. The zero-order valence-electron chi connectivity index (χ0n) is 15.2. The van der Waals surface area contributed by atoms with E-state index in [0.29, 0.717) is 42.1 Å². The summed E-state index contributed by atoms with van der Waals surface area (Å²) in [5.41, 5.74) is 0.452. The molecule has 6 nitrogen and oxygen atoms in total. The lowest BCUT2D eigenvalue weighted by Gasteiger charge is -2.34. The number of hydrogen-bond donors (Lipinski definition) is 2. The van der Waals surface area contributed by atoms with Crippen LogP contribution in [-0.2, 0) is 14.6 Å². The van der Waals surface area contributed by atoms with Crippen molar-refractivity contribution < 1.29 is 17.9 Å². The first-order valence-corrected chi connectivity index (χ1v) is 10.6. The highest BCUT2D eigenvalue weighted by Gasteiger charge is 2.48. The van der Waals surface area contributed by atoms with Crippen molar-refractivity contribution in [1.82, 2.24) is 5.32 Å². The molecule has 1 aliphatic rings. The molecule has 0 aliphatic carbocycles. The molecule has 0 saturated carbocycles. The van der Waals surface area contributed by atoms with Gasteiger partial charge >= 0.3 is 0 Å². The standard InChI is InChI=1S/C17H25ClN2O4S.ClH/c1-12(2)11-24-15-5-4-13(10-14(15)18)20-16(21)17(25(3,22)23)6-8-19-9-7-17;/h4-5,10,12,19H,6-9,11H2,1-3H3,(H,20,21);1H. The summed E-state index contributed by atoms with van der Waals surface area (Å²) in [5, 5.41) is 6.17. The Labute approximate surface area is 166 Å². The summed E-state index contributed by atoms with van der Waals surface area (Å²) in [6, 6.07) is 4.92. The van der Waals surface area contributed by atoms with E-state index in [1.165, 1.54) is 0 Å². The van der Waals surface area contributed by atoms with Crippen molar-refractivity contribution in [3.63, 3.8) is 0 Å². The van der Waals surface area contributed by atoms with E-state index in [4.69, 9.17) is 16.3 Å². The first kappa shape index (κ1) is 23.0. The van der Waals surface area contributed by atoms with Crippen LogP contribution in [-0.4, -0.2) is 45.0 Å². The minimum absolute atomic E-state index is 0. The molecule has 2 N–H and O–H groups in total. The summed E-state index contributed by atoms with van der Waals surface area (Å²) in [7, 11) is -3.55. The molecular formula is C17H26Cl2N2O4S. The molecule has 0 radical (unpaired) electrons. The molecule has 1 heterocycles. The lowest BCUT2D eigenvalue weighted by molar-refractivity contribution is -0.119. The smallest absolute Gasteiger partial charge is 0.245 e. The number of benzene rings is 1. The number of anilines is 1. The Morgan fingerprint density at radius 3 is 2.46 bits per heavy atom. The van der Waals surface area contributed by atoms with E-state index in [9.17, 15) is 13.2 Å². The molecular weight excluding hydrogens is 399 g/mol. The second-order valence-electron chi connectivity index (χ2n) is 6.82. The van der Waals surface area contributed by atoms with Gasteiger partial charge in [-0.1, -0.05) is 25.4 Å². The lowest BCUT2D eigenvalue weighted by atomic mass is 9.95. The van der Waals surface area contributed by atoms with E-state index in [1.807, 2.05) is 13.8 Å². The van der Waals surface area contributed by atoms with Gasteiger partial charge in [0.2, 0.25) is 5.91 Å². The fourth-order valence-corrected chi connectivity index (χ4v) is 4.36. The Balaban J connectivity index is 0.00000338. The first-order chi connectivity index (χ1) is 11.7. The third-order valence-electron chi connectivity index (χ3n) is 4.30. The number of carbonyl (C=O) groups is 1. The van der Waals surface area contributed by atoms with Crippen molar-refractivity contribution >= 4 is 45.4 Å². The van der Waals surface area contributed by atoms with Gasteiger partial charge in [-0.05, 0) is 50.0 Å². The fraction of sp³-hybridized carbons (Fsp3) is 0.588. The summed E-state index contributed by atoms with van der Waals surface area (Å²) in [6.07, 6.45) is 1.62. The molecule has 1 fully saturated rings. The Hall–Kier alpha value is -1.02. The van der Waals surface area contributed by atoms with Crippen molar-refractivity contribution in [3.8, 4) is 5.75 Å². The molecule has 2 rings (SSSR count). The number of ether oxygens (including phenoxy) is 1. The van der Waals surface area contributed by atoms with Gasteiger partial charge in [-0.2, -0.15) is 0 Å². The van der Waals surface area contributed by atoms with E-state index in [1.54, 1.807) is 18.2 Å². The van der Waals surface area contributed by atoms with Crippen molar-refractivity contribution in [3.05, 3.63) is 23.2 Å². The highest BCUT2D eigenvalue weighted by molar-refractivity contribution is 7.92. The van der Waals surface area contributed by atoms with E-state index < -0.39 is 20.5 Å². The SMILES string of the molecule is CC(C)COc1ccc(NC(=O)C2(S(C)(=O)=O)CCNCC2)cc1Cl.Cl. The predicted molar refractivity (Wildman–Crippen MR) is 107 cm³/mol. The van der Waals surface area contributed by atoms with Crippen molar-refractivity contribution in [2.75, 3.05) is 31.3 Å². The van der Waals surface area contributed by atoms with Crippen LogP contribution in [0.3, 0.4) is 0 Å². The second-order valence-corrected chi connectivity index (χ2v) is 9.55. The van der Waals surface area contributed by atoms with Gasteiger partial charge in [-0.3, -0.25) is 4.79 Å². The highest BCUT2D eigenvalue weighted by atomic mass is 35.5. The quantitative estimate of drug-likeness (QED) is 0.732. The Bertz CT molecular complexity index is 732. The zero-order valence-corrected chi connectivity index (χ0v) is 17.6. The zero-order chi connectivity index (χ0) is 18.7. The molecule has 0 bridgehead atoms. The van der Waals surface area contributed by atoms with Crippen molar-refractivity contribution in [1.29, 1.82) is 0 Å². The maximum absolute atomic E-state index is 12.8. The number of rotatable bonds is 6. The van der Waals surface area contributed by atoms with E-state index in [2.05, 4.69) is 10.6 Å². The minimum Gasteiger partial charge on any atom is -0.492 e. The Morgan fingerprint density at radius 2 is 1.96 bits per heavy atom. The molecule has 0 atom stereocenters. The van der Waals surface area contributed by atoms with Crippen LogP contribution in [0.15, 0.2) is 18.2 Å². The van der Waals surface area contributed by atoms with Gasteiger partial charge in [-0.15, -0.1) is 12.4 Å². The van der Waals surface area contributed by atoms with Crippen molar-refractivity contribution in [2.45, 2.75) is 31.4 Å². The van der Waals surface area contributed by atoms with Crippen LogP contribution in [0.1, 0.15) is 26.7 Å². The van der Waals surface area contributed by atoms with Crippen LogP contribution in [0, 0.1) is 5.92 Å². The van der Waals surface area contributed by atoms with Gasteiger partial charge in [0.1, 0.15) is 5.75 Å². The number of nitrogens with one attached hydrogen (secondary N) is 2. The van der Waals surface area contributed by atoms with Gasteiger partial charge in [0.15, 0.2) is 14.6 Å². The maximum Gasteiger partial charge on any atom is 0.245 e. The molecule has 1 aliphatic heterocycles. The molecule has 148 valence electrons. The summed E-state index contributed by atoms with van der Waals surface area (Å²) >= 11 is 6.20. The lowest BCUT2D eigenvalue weighted by Crippen LogP contribution is -2.55. The summed E-state index contributed by atoms with van der Waals surface area (Å²) < 4.78 is 28.7. The number of sulfone groups is 1. The molecule has 1 saturated heterocycles. The van der Waals surface area contributed by atoms with E-state index in [-0.39, 0.29) is 25.2 Å². The highest BCUT2D eigenvalue weighted by Crippen LogP contribution is 2.32. The molecule has 1 amide bonds. The molecule has 26 heavy (non-hydrogen) atoms. The molecule has 1 aromatic rings. The molecule has 0 aromatic heterocycles. The molecule has 9 heteroatoms. The largest absolute Gasteiger partial charge is 0.492 e. The first-order valence-electron chi connectivity index (χ1n) is 8.30. The summed E-state index contributed by atoms with van der Waals surface area (Å²) in [5.74, 6) is 0.390. The molecule has 0 unspecified atom stereocenters. The summed E-state index contributed by atoms with van der Waals surface area (Å²) in [6.45, 7) is 5.58. The van der Waals surface area contributed by atoms with E-state index >= 15 is 0 Å². The van der Waals surface area contributed by atoms with Crippen LogP contribution in [0.4, 0.5) is 5.69 Å². The van der Waals surface area contributed by atoms with Crippen LogP contribution in [0.2, 0.25) is 5.02 Å². The Morgan fingerprint density at radius 1 is 1.35 bits per heavy atom. The predicted octanol–water partition coefficient (Wildman–Crippen LogP) is 2.90. The van der Waals surface area contributed by atoms with Crippen LogP contribution in [0.25, 0.3) is 0 Å². The van der Waals surface area contributed by atoms with Crippen molar-refractivity contribution in [2.24, 2.45) is 5.92 Å². The van der Waals surface area contributed by atoms with Gasteiger partial charge < -0.3 is 15.4 Å². The number of amides is 1. The molecule has 1 aromatic carbocycles. The Kier molecular flexibility index (Phi) is 8.20. The van der Waals surface area contributed by atoms with E-state index in [0.717, 1.165) is 6.26 Å². The third-order valence-corrected chi connectivity index (χ3v) is 6.61. The third kappa shape index (κ3) is 5.25. The number of piperidine rings is 1.